The summed E-state index contributed by atoms with van der Waals surface area (Å²) in [5.41, 5.74) is 7.02. The van der Waals surface area contributed by atoms with Gasteiger partial charge in [0.15, 0.2) is 5.69 Å². The van der Waals surface area contributed by atoms with Crippen molar-refractivity contribution in [2.75, 3.05) is 11.1 Å². The average Bonchev–Trinajstić information content (AvgIpc) is 2.76. The number of amides is 1. The van der Waals surface area contributed by atoms with E-state index in [2.05, 4.69) is 31.4 Å². The summed E-state index contributed by atoms with van der Waals surface area (Å²) >= 11 is 3.22. The molecule has 0 fully saturated rings. The molecule has 4 N–H and O–H groups in total. The van der Waals surface area contributed by atoms with E-state index in [4.69, 9.17) is 5.73 Å². The lowest BCUT2D eigenvalue weighted by Gasteiger charge is -2.06. The van der Waals surface area contributed by atoms with Gasteiger partial charge in [-0.1, -0.05) is 29.3 Å². The van der Waals surface area contributed by atoms with E-state index in [1.165, 1.54) is 12.1 Å². The quantitative estimate of drug-likeness (QED) is 0.799. The van der Waals surface area contributed by atoms with Crippen LogP contribution in [0.5, 0.6) is 0 Å². The van der Waals surface area contributed by atoms with E-state index >= 15 is 0 Å². The number of carbonyl (C=O) groups is 1. The van der Waals surface area contributed by atoms with Crippen LogP contribution in [0, 0.1) is 5.82 Å². The number of rotatable bonds is 4. The molecule has 5 nitrogen and oxygen atoms in total. The van der Waals surface area contributed by atoms with Crippen molar-refractivity contribution in [2.24, 2.45) is 0 Å². The molecular formula is C13H14BrFN4O. The van der Waals surface area contributed by atoms with Crippen LogP contribution in [-0.2, 0) is 6.42 Å². The van der Waals surface area contributed by atoms with Gasteiger partial charge in [-0.05, 0) is 24.6 Å². The second kappa shape index (κ2) is 6.04. The summed E-state index contributed by atoms with van der Waals surface area (Å²) in [4.78, 5) is 12.1. The highest BCUT2D eigenvalue weighted by Crippen LogP contribution is 2.22. The van der Waals surface area contributed by atoms with Crippen molar-refractivity contribution in [2.45, 2.75) is 19.8 Å². The van der Waals surface area contributed by atoms with Gasteiger partial charge in [0.2, 0.25) is 0 Å². The lowest BCUT2D eigenvalue weighted by Crippen LogP contribution is -2.15. The van der Waals surface area contributed by atoms with Crippen LogP contribution in [0.15, 0.2) is 22.7 Å². The Labute approximate surface area is 123 Å². The Morgan fingerprint density at radius 1 is 1.55 bits per heavy atom. The van der Waals surface area contributed by atoms with Gasteiger partial charge in [-0.25, -0.2) is 4.39 Å². The Bertz CT molecular complexity index is 641. The Morgan fingerprint density at radius 2 is 2.30 bits per heavy atom. The molecule has 0 bridgehead atoms. The maximum atomic E-state index is 13.6. The summed E-state index contributed by atoms with van der Waals surface area (Å²) in [6, 6.07) is 4.28. The molecule has 1 heterocycles. The third-order valence-corrected chi connectivity index (χ3v) is 3.27. The number of carbonyl (C=O) groups excluding carboxylic acids is 1. The Balaban J connectivity index is 2.22. The molecule has 0 unspecified atom stereocenters. The molecule has 0 saturated heterocycles. The normalized spacial score (nSPS) is 10.6. The summed E-state index contributed by atoms with van der Waals surface area (Å²) in [6.45, 7) is 2.00. The van der Waals surface area contributed by atoms with Gasteiger partial charge in [-0.2, -0.15) is 5.10 Å². The van der Waals surface area contributed by atoms with Crippen molar-refractivity contribution in [1.29, 1.82) is 0 Å². The molecular weight excluding hydrogens is 327 g/mol. The SMILES string of the molecule is CCCc1[nH]nc(C(=O)Nc2cc(Br)ccc2F)c1N. The molecule has 2 rings (SSSR count). The average molecular weight is 341 g/mol. The maximum Gasteiger partial charge on any atom is 0.278 e. The number of halogens is 2. The molecule has 0 atom stereocenters. The minimum Gasteiger partial charge on any atom is -0.395 e. The fraction of sp³-hybridized carbons (Fsp3) is 0.231. The molecule has 0 saturated carbocycles. The molecule has 0 aliphatic rings. The monoisotopic (exact) mass is 340 g/mol. The van der Waals surface area contributed by atoms with Crippen molar-refractivity contribution >= 4 is 33.2 Å². The van der Waals surface area contributed by atoms with Gasteiger partial charge in [-0.15, -0.1) is 0 Å². The van der Waals surface area contributed by atoms with Crippen molar-refractivity contribution in [3.8, 4) is 0 Å². The summed E-state index contributed by atoms with van der Waals surface area (Å²) < 4.78 is 14.2. The molecule has 0 spiro atoms. The summed E-state index contributed by atoms with van der Waals surface area (Å²) in [5.74, 6) is -1.07. The number of hydrogen-bond donors (Lipinski definition) is 3. The van der Waals surface area contributed by atoms with Crippen LogP contribution in [0.1, 0.15) is 29.5 Å². The summed E-state index contributed by atoms with van der Waals surface area (Å²) in [5, 5.41) is 9.07. The number of nitrogens with one attached hydrogen (secondary N) is 2. The number of H-pyrrole nitrogens is 1. The lowest BCUT2D eigenvalue weighted by molar-refractivity contribution is 0.102. The number of nitrogens with zero attached hydrogens (tertiary/aromatic N) is 1. The standard InChI is InChI=1S/C13H14BrFN4O/c1-2-3-9-11(16)12(19-18-9)13(20)17-10-6-7(14)4-5-8(10)15/h4-6H,2-3,16H2,1H3,(H,17,20)(H,18,19). The molecule has 1 aromatic carbocycles. The van der Waals surface area contributed by atoms with Crippen LogP contribution in [0.4, 0.5) is 15.8 Å². The number of benzene rings is 1. The smallest absolute Gasteiger partial charge is 0.278 e. The van der Waals surface area contributed by atoms with Crippen molar-refractivity contribution in [3.63, 3.8) is 0 Å². The van der Waals surface area contributed by atoms with Crippen molar-refractivity contribution in [1.82, 2.24) is 10.2 Å². The number of hydrogen-bond acceptors (Lipinski definition) is 3. The first-order chi connectivity index (χ1) is 9.52. The topological polar surface area (TPSA) is 83.8 Å². The van der Waals surface area contributed by atoms with E-state index in [0.717, 1.165) is 6.42 Å². The highest BCUT2D eigenvalue weighted by Gasteiger charge is 2.18. The second-order valence-electron chi connectivity index (χ2n) is 4.29. The molecule has 20 heavy (non-hydrogen) atoms. The lowest BCUT2D eigenvalue weighted by atomic mass is 10.2. The fourth-order valence-corrected chi connectivity index (χ4v) is 2.14. The van der Waals surface area contributed by atoms with Crippen molar-refractivity contribution in [3.05, 3.63) is 39.9 Å². The number of aromatic amines is 1. The number of nitrogen functional groups attached to an aromatic ring is 1. The third kappa shape index (κ3) is 2.98. The predicted octanol–water partition coefficient (Wildman–Crippen LogP) is 3.10. The van der Waals surface area contributed by atoms with Gasteiger partial charge >= 0.3 is 0 Å². The van der Waals surface area contributed by atoms with E-state index in [1.807, 2.05) is 6.92 Å². The van der Waals surface area contributed by atoms with Crippen LogP contribution in [-0.4, -0.2) is 16.1 Å². The van der Waals surface area contributed by atoms with Gasteiger partial charge in [0, 0.05) is 4.47 Å². The molecule has 1 amide bonds. The van der Waals surface area contributed by atoms with E-state index in [0.29, 0.717) is 22.3 Å². The van der Waals surface area contributed by atoms with Crippen LogP contribution < -0.4 is 11.1 Å². The number of nitrogens with two attached hydrogens (primary N) is 1. The van der Waals surface area contributed by atoms with Crippen LogP contribution in [0.2, 0.25) is 0 Å². The van der Waals surface area contributed by atoms with E-state index in [1.54, 1.807) is 6.07 Å². The van der Waals surface area contributed by atoms with E-state index in [-0.39, 0.29) is 11.4 Å². The Hall–Kier alpha value is -1.89. The highest BCUT2D eigenvalue weighted by atomic mass is 79.9. The number of aromatic nitrogens is 2. The van der Waals surface area contributed by atoms with E-state index in [9.17, 15) is 9.18 Å². The Morgan fingerprint density at radius 3 is 3.00 bits per heavy atom. The molecule has 2 aromatic rings. The zero-order valence-corrected chi connectivity index (χ0v) is 12.4. The minimum atomic E-state index is -0.543. The minimum absolute atomic E-state index is 0.0730. The second-order valence-corrected chi connectivity index (χ2v) is 5.21. The van der Waals surface area contributed by atoms with Crippen molar-refractivity contribution < 1.29 is 9.18 Å². The Kier molecular flexibility index (Phi) is 4.39. The highest BCUT2D eigenvalue weighted by molar-refractivity contribution is 9.10. The van der Waals surface area contributed by atoms with Gasteiger partial charge in [0.1, 0.15) is 5.82 Å². The zero-order chi connectivity index (χ0) is 14.7. The van der Waals surface area contributed by atoms with Crippen LogP contribution >= 0.6 is 15.9 Å². The van der Waals surface area contributed by atoms with Gasteiger partial charge in [0.05, 0.1) is 17.1 Å². The maximum absolute atomic E-state index is 13.6. The van der Waals surface area contributed by atoms with Gasteiger partial charge in [-0.3, -0.25) is 9.89 Å². The zero-order valence-electron chi connectivity index (χ0n) is 10.8. The summed E-state index contributed by atoms with van der Waals surface area (Å²) in [6.07, 6.45) is 1.59. The predicted molar refractivity (Wildman–Crippen MR) is 79.0 cm³/mol. The molecule has 0 aliphatic carbocycles. The van der Waals surface area contributed by atoms with Gasteiger partial charge < -0.3 is 11.1 Å². The first-order valence-electron chi connectivity index (χ1n) is 6.12. The fourth-order valence-electron chi connectivity index (χ4n) is 1.78. The van der Waals surface area contributed by atoms with Crippen LogP contribution in [0.3, 0.4) is 0 Å². The molecule has 0 aliphatic heterocycles. The molecule has 1 aromatic heterocycles. The number of aryl methyl sites for hydroxylation is 1. The first kappa shape index (κ1) is 14.5. The largest absolute Gasteiger partial charge is 0.395 e. The summed E-state index contributed by atoms with van der Waals surface area (Å²) in [7, 11) is 0. The number of anilines is 2. The molecule has 0 radical (unpaired) electrons. The van der Waals surface area contributed by atoms with E-state index < -0.39 is 11.7 Å². The molecule has 7 heteroatoms. The van der Waals surface area contributed by atoms with Gasteiger partial charge in [0.25, 0.3) is 5.91 Å². The third-order valence-electron chi connectivity index (χ3n) is 2.77. The van der Waals surface area contributed by atoms with Crippen LogP contribution in [0.25, 0.3) is 0 Å². The molecule has 106 valence electrons. The first-order valence-corrected chi connectivity index (χ1v) is 6.91.